The summed E-state index contributed by atoms with van der Waals surface area (Å²) < 4.78 is 4.51. The van der Waals surface area contributed by atoms with E-state index in [-0.39, 0.29) is 0 Å². The summed E-state index contributed by atoms with van der Waals surface area (Å²) in [5.74, 6) is 0. The lowest BCUT2D eigenvalue weighted by molar-refractivity contribution is 0.564. The zero-order chi connectivity index (χ0) is 13.4. The molecule has 3 nitrogen and oxygen atoms in total. The first kappa shape index (κ1) is 12.0. The number of nitrogens with zero attached hydrogens (tertiary/aromatic N) is 3. The largest absolute Gasteiger partial charge is 0.341 e. The Morgan fingerprint density at radius 1 is 1.21 bits per heavy atom. The van der Waals surface area contributed by atoms with Crippen molar-refractivity contribution >= 4 is 10.9 Å². The van der Waals surface area contributed by atoms with Gasteiger partial charge in [-0.1, -0.05) is 12.1 Å². The summed E-state index contributed by atoms with van der Waals surface area (Å²) in [7, 11) is 0. The molecule has 0 bridgehead atoms. The van der Waals surface area contributed by atoms with Crippen LogP contribution in [-0.2, 0) is 6.54 Å². The van der Waals surface area contributed by atoms with Gasteiger partial charge in [-0.2, -0.15) is 0 Å². The highest BCUT2D eigenvalue weighted by Gasteiger charge is 2.08. The molecular formula is C16H19N3. The van der Waals surface area contributed by atoms with Crippen LogP contribution in [0.3, 0.4) is 0 Å². The van der Waals surface area contributed by atoms with Gasteiger partial charge in [-0.05, 0) is 38.5 Å². The third kappa shape index (κ3) is 2.05. The van der Waals surface area contributed by atoms with Crippen LogP contribution in [0.2, 0.25) is 0 Å². The van der Waals surface area contributed by atoms with Gasteiger partial charge in [0.1, 0.15) is 0 Å². The minimum Gasteiger partial charge on any atom is -0.341 e. The Kier molecular flexibility index (Phi) is 2.90. The smallest absolute Gasteiger partial charge is 0.0951 e. The van der Waals surface area contributed by atoms with Crippen molar-refractivity contribution in [1.82, 2.24) is 14.1 Å². The second kappa shape index (κ2) is 4.57. The van der Waals surface area contributed by atoms with E-state index in [0.717, 1.165) is 6.54 Å². The van der Waals surface area contributed by atoms with Crippen molar-refractivity contribution in [3.8, 4) is 0 Å². The van der Waals surface area contributed by atoms with E-state index in [9.17, 15) is 0 Å². The van der Waals surface area contributed by atoms with Crippen molar-refractivity contribution in [3.05, 3.63) is 54.2 Å². The van der Waals surface area contributed by atoms with E-state index in [1.165, 1.54) is 22.2 Å². The van der Waals surface area contributed by atoms with Gasteiger partial charge in [0.15, 0.2) is 0 Å². The summed E-state index contributed by atoms with van der Waals surface area (Å²) in [6.45, 7) is 7.39. The molecule has 2 heterocycles. The Bertz CT molecular complexity index is 704. The quantitative estimate of drug-likeness (QED) is 0.696. The maximum absolute atomic E-state index is 4.27. The van der Waals surface area contributed by atoms with Crippen molar-refractivity contribution < 1.29 is 0 Å². The zero-order valence-corrected chi connectivity index (χ0v) is 11.7. The molecule has 0 saturated heterocycles. The van der Waals surface area contributed by atoms with E-state index in [1.54, 1.807) is 0 Å². The van der Waals surface area contributed by atoms with Crippen molar-refractivity contribution in [1.29, 1.82) is 0 Å². The molecular weight excluding hydrogens is 234 g/mol. The number of imidazole rings is 1. The fourth-order valence-corrected chi connectivity index (χ4v) is 2.61. The van der Waals surface area contributed by atoms with Crippen LogP contribution in [0.25, 0.3) is 10.9 Å². The van der Waals surface area contributed by atoms with E-state index < -0.39 is 0 Å². The molecule has 1 aromatic carbocycles. The van der Waals surface area contributed by atoms with Gasteiger partial charge in [0.05, 0.1) is 18.6 Å². The molecule has 0 spiro atoms. The standard InChI is InChI=1S/C16H19N3/c1-12(2)19-11-17-9-14(19)10-18-8-7-15-13(3)5-4-6-16(15)18/h4-9,11-12H,10H2,1-3H3. The molecule has 0 atom stereocenters. The van der Waals surface area contributed by atoms with Gasteiger partial charge in [0, 0.05) is 29.3 Å². The molecule has 2 aromatic heterocycles. The number of rotatable bonds is 3. The second-order valence-corrected chi connectivity index (χ2v) is 5.34. The van der Waals surface area contributed by atoms with Gasteiger partial charge < -0.3 is 9.13 Å². The average Bonchev–Trinajstić information content (AvgIpc) is 2.98. The highest BCUT2D eigenvalue weighted by Crippen LogP contribution is 2.21. The summed E-state index contributed by atoms with van der Waals surface area (Å²) in [4.78, 5) is 4.27. The third-order valence-electron chi connectivity index (χ3n) is 3.67. The van der Waals surface area contributed by atoms with Crippen LogP contribution in [0.5, 0.6) is 0 Å². The van der Waals surface area contributed by atoms with E-state index in [2.05, 4.69) is 65.4 Å². The van der Waals surface area contributed by atoms with Crippen LogP contribution < -0.4 is 0 Å². The van der Waals surface area contributed by atoms with Crippen molar-refractivity contribution in [2.75, 3.05) is 0 Å². The maximum atomic E-state index is 4.27. The zero-order valence-electron chi connectivity index (χ0n) is 11.7. The first-order valence-corrected chi connectivity index (χ1v) is 6.72. The van der Waals surface area contributed by atoms with Crippen molar-refractivity contribution in [3.63, 3.8) is 0 Å². The predicted molar refractivity (Wildman–Crippen MR) is 78.4 cm³/mol. The molecule has 0 aliphatic heterocycles. The summed E-state index contributed by atoms with van der Waals surface area (Å²) in [5.41, 5.74) is 3.86. The summed E-state index contributed by atoms with van der Waals surface area (Å²) in [5, 5.41) is 1.33. The maximum Gasteiger partial charge on any atom is 0.0951 e. The van der Waals surface area contributed by atoms with E-state index in [1.807, 2.05) is 12.5 Å². The molecule has 0 aliphatic rings. The number of hydrogen-bond acceptors (Lipinski definition) is 1. The highest BCUT2D eigenvalue weighted by molar-refractivity contribution is 5.83. The van der Waals surface area contributed by atoms with Crippen LogP contribution >= 0.6 is 0 Å². The Morgan fingerprint density at radius 3 is 2.84 bits per heavy atom. The SMILES string of the molecule is Cc1cccc2c1ccn2Cc1cncn1C(C)C. The number of benzene rings is 1. The van der Waals surface area contributed by atoms with E-state index in [0.29, 0.717) is 6.04 Å². The monoisotopic (exact) mass is 253 g/mol. The lowest BCUT2D eigenvalue weighted by atomic mass is 10.1. The van der Waals surface area contributed by atoms with Gasteiger partial charge in [0.25, 0.3) is 0 Å². The fourth-order valence-electron chi connectivity index (χ4n) is 2.61. The van der Waals surface area contributed by atoms with Gasteiger partial charge in [-0.3, -0.25) is 0 Å². The Morgan fingerprint density at radius 2 is 2.05 bits per heavy atom. The number of fused-ring (bicyclic) bond motifs is 1. The lowest BCUT2D eigenvalue weighted by Gasteiger charge is -2.13. The summed E-state index contributed by atoms with van der Waals surface area (Å²) >= 11 is 0. The molecule has 0 radical (unpaired) electrons. The predicted octanol–water partition coefficient (Wildman–Crippen LogP) is 3.78. The number of aryl methyl sites for hydroxylation is 1. The molecule has 0 N–H and O–H groups in total. The number of aromatic nitrogens is 3. The van der Waals surface area contributed by atoms with Gasteiger partial charge in [0.2, 0.25) is 0 Å². The molecule has 3 aromatic rings. The van der Waals surface area contributed by atoms with Crippen molar-refractivity contribution in [2.45, 2.75) is 33.4 Å². The fraction of sp³-hybridized carbons (Fsp3) is 0.312. The van der Waals surface area contributed by atoms with Crippen LogP contribution in [0.1, 0.15) is 31.1 Å². The molecule has 3 rings (SSSR count). The summed E-state index contributed by atoms with van der Waals surface area (Å²) in [6.07, 6.45) is 6.04. The molecule has 0 unspecified atom stereocenters. The van der Waals surface area contributed by atoms with Crippen LogP contribution in [0, 0.1) is 6.92 Å². The normalized spacial score (nSPS) is 11.6. The van der Waals surface area contributed by atoms with Crippen molar-refractivity contribution in [2.24, 2.45) is 0 Å². The Balaban J connectivity index is 2.02. The third-order valence-corrected chi connectivity index (χ3v) is 3.67. The van der Waals surface area contributed by atoms with E-state index >= 15 is 0 Å². The van der Waals surface area contributed by atoms with Gasteiger partial charge in [-0.25, -0.2) is 4.98 Å². The minimum absolute atomic E-state index is 0.445. The van der Waals surface area contributed by atoms with Gasteiger partial charge >= 0.3 is 0 Å². The van der Waals surface area contributed by atoms with Crippen LogP contribution in [0.4, 0.5) is 0 Å². The van der Waals surface area contributed by atoms with E-state index in [4.69, 9.17) is 0 Å². The first-order valence-electron chi connectivity index (χ1n) is 6.72. The van der Waals surface area contributed by atoms with Crippen LogP contribution in [0.15, 0.2) is 43.0 Å². The Hall–Kier alpha value is -2.03. The first-order chi connectivity index (χ1) is 9.16. The van der Waals surface area contributed by atoms with Gasteiger partial charge in [-0.15, -0.1) is 0 Å². The topological polar surface area (TPSA) is 22.8 Å². The van der Waals surface area contributed by atoms with Crippen LogP contribution in [-0.4, -0.2) is 14.1 Å². The lowest BCUT2D eigenvalue weighted by Crippen LogP contribution is -2.08. The molecule has 98 valence electrons. The minimum atomic E-state index is 0.445. The highest BCUT2D eigenvalue weighted by atomic mass is 15.1. The molecule has 0 aliphatic carbocycles. The summed E-state index contributed by atoms with van der Waals surface area (Å²) in [6, 6.07) is 9.10. The molecule has 19 heavy (non-hydrogen) atoms. The Labute approximate surface area is 113 Å². The molecule has 3 heteroatoms. The molecule has 0 saturated carbocycles. The molecule has 0 amide bonds. The average molecular weight is 253 g/mol. The number of hydrogen-bond donors (Lipinski definition) is 0. The second-order valence-electron chi connectivity index (χ2n) is 5.34. The molecule has 0 fully saturated rings.